The lowest BCUT2D eigenvalue weighted by atomic mass is 10.2. The Hall–Kier alpha value is -2.31. The molecule has 0 fully saturated rings. The molecule has 6 nitrogen and oxygen atoms in total. The number of phenolic OH excluding ortho intramolecular Hbond substituents is 1. The summed E-state index contributed by atoms with van der Waals surface area (Å²) in [6.07, 6.45) is 0. The number of non-ortho nitro benzene ring substituents is 1. The molecule has 0 unspecified atom stereocenters. The van der Waals surface area contributed by atoms with Crippen LogP contribution in [0.2, 0.25) is 10.0 Å². The molecule has 2 N–H and O–H groups in total. The maximum atomic E-state index is 12.0. The van der Waals surface area contributed by atoms with Crippen LogP contribution in [0.5, 0.6) is 5.75 Å². The molecule has 0 saturated carbocycles. The Balaban J connectivity index is 0.00000127. The minimum absolute atomic E-state index is 0.0130. The molecule has 0 bridgehead atoms. The Morgan fingerprint density at radius 1 is 1.17 bits per heavy atom. The van der Waals surface area contributed by atoms with E-state index in [2.05, 4.69) is 5.32 Å². The first kappa shape index (κ1) is 18.7. The minimum atomic E-state index is -0.634. The fourth-order valence-electron chi connectivity index (χ4n) is 1.60. The molecule has 122 valence electrons. The number of benzene rings is 2. The second kappa shape index (κ2) is 8.36. The molecule has 0 heterocycles. The van der Waals surface area contributed by atoms with E-state index in [1.54, 1.807) is 0 Å². The smallest absolute Gasteiger partial charge is 0.271 e. The number of amides is 1. The monoisotopic (exact) mass is 356 g/mol. The predicted molar refractivity (Wildman–Crippen MR) is 90.5 cm³/mol. The number of anilines is 1. The third-order valence-corrected chi connectivity index (χ3v) is 3.16. The summed E-state index contributed by atoms with van der Waals surface area (Å²) in [5.74, 6) is -0.874. The number of carbonyl (C=O) groups excluding carboxylic acids is 1. The van der Waals surface area contributed by atoms with Crippen LogP contribution in [-0.2, 0) is 0 Å². The number of nitro groups is 1. The second-order valence-corrected chi connectivity index (χ2v) is 4.88. The first-order valence-electron chi connectivity index (χ1n) is 6.62. The predicted octanol–water partition coefficient (Wildman–Crippen LogP) is 4.89. The first-order valence-corrected chi connectivity index (χ1v) is 7.38. The van der Waals surface area contributed by atoms with Gasteiger partial charge in [0.25, 0.3) is 11.6 Å². The number of rotatable bonds is 3. The van der Waals surface area contributed by atoms with Crippen LogP contribution < -0.4 is 5.32 Å². The van der Waals surface area contributed by atoms with Gasteiger partial charge in [-0.05, 0) is 24.3 Å². The van der Waals surface area contributed by atoms with Crippen LogP contribution in [0.25, 0.3) is 0 Å². The zero-order valence-electron chi connectivity index (χ0n) is 12.3. The number of nitrogens with zero attached hydrogens (tertiary/aromatic N) is 1. The number of hydrogen-bond acceptors (Lipinski definition) is 4. The van der Waals surface area contributed by atoms with Gasteiger partial charge in [-0.25, -0.2) is 0 Å². The fourth-order valence-corrected chi connectivity index (χ4v) is 1.99. The molecule has 1 amide bonds. The highest BCUT2D eigenvalue weighted by Crippen LogP contribution is 2.28. The van der Waals surface area contributed by atoms with Gasteiger partial charge in [0.05, 0.1) is 21.2 Å². The summed E-state index contributed by atoms with van der Waals surface area (Å²) < 4.78 is 0. The van der Waals surface area contributed by atoms with Crippen molar-refractivity contribution in [3.63, 3.8) is 0 Å². The van der Waals surface area contributed by atoms with E-state index in [9.17, 15) is 20.0 Å². The van der Waals surface area contributed by atoms with E-state index in [0.717, 1.165) is 6.07 Å². The van der Waals surface area contributed by atoms with Gasteiger partial charge in [-0.3, -0.25) is 14.9 Å². The van der Waals surface area contributed by atoms with Gasteiger partial charge in [0.2, 0.25) is 0 Å². The number of nitrogens with one attached hydrogen (secondary N) is 1. The Kier molecular flexibility index (Phi) is 6.81. The number of halogens is 2. The Morgan fingerprint density at radius 2 is 1.83 bits per heavy atom. The molecule has 0 spiro atoms. The van der Waals surface area contributed by atoms with E-state index in [-0.39, 0.29) is 32.7 Å². The maximum absolute atomic E-state index is 12.0. The van der Waals surface area contributed by atoms with Crippen LogP contribution in [0.1, 0.15) is 24.2 Å². The van der Waals surface area contributed by atoms with Crippen molar-refractivity contribution in [2.45, 2.75) is 13.8 Å². The molecule has 8 heteroatoms. The summed E-state index contributed by atoms with van der Waals surface area (Å²) in [5.41, 5.74) is -0.0350. The van der Waals surface area contributed by atoms with Crippen molar-refractivity contribution in [2.75, 3.05) is 5.32 Å². The molecule has 0 radical (unpaired) electrons. The largest absolute Gasteiger partial charge is 0.507 e. The summed E-state index contributed by atoms with van der Waals surface area (Å²) in [5, 5.41) is 23.0. The standard InChI is InChI=1S/C13H8Cl2N2O4.C2H6/c14-7-1-4-12(18)9(5-7)13(19)16-11-3-2-8(17(20)21)6-10(11)15;1-2/h1-6,18H,(H,16,19);1-2H3. The Labute approximate surface area is 142 Å². The van der Waals surface area contributed by atoms with Crippen LogP contribution in [0.3, 0.4) is 0 Å². The molecule has 2 aromatic rings. The Morgan fingerprint density at radius 3 is 2.39 bits per heavy atom. The van der Waals surface area contributed by atoms with Crippen LogP contribution in [-0.4, -0.2) is 15.9 Å². The van der Waals surface area contributed by atoms with Crippen molar-refractivity contribution in [1.82, 2.24) is 0 Å². The van der Waals surface area contributed by atoms with Crippen LogP contribution in [0.15, 0.2) is 36.4 Å². The minimum Gasteiger partial charge on any atom is -0.507 e. The van der Waals surface area contributed by atoms with Gasteiger partial charge < -0.3 is 10.4 Å². The SMILES string of the molecule is CC.O=C(Nc1ccc([N+](=O)[O-])cc1Cl)c1cc(Cl)ccc1O. The van der Waals surface area contributed by atoms with Crippen molar-refractivity contribution >= 4 is 40.5 Å². The summed E-state index contributed by atoms with van der Waals surface area (Å²) in [7, 11) is 0. The van der Waals surface area contributed by atoms with E-state index in [0.29, 0.717) is 0 Å². The number of hydrogen-bond donors (Lipinski definition) is 2. The van der Waals surface area contributed by atoms with E-state index in [4.69, 9.17) is 23.2 Å². The number of aromatic hydroxyl groups is 1. The zero-order chi connectivity index (χ0) is 17.6. The van der Waals surface area contributed by atoms with E-state index in [1.165, 1.54) is 30.3 Å². The highest BCUT2D eigenvalue weighted by Gasteiger charge is 2.15. The van der Waals surface area contributed by atoms with Gasteiger partial charge in [0.1, 0.15) is 5.75 Å². The van der Waals surface area contributed by atoms with E-state index in [1.807, 2.05) is 13.8 Å². The van der Waals surface area contributed by atoms with E-state index < -0.39 is 10.8 Å². The molecule has 2 aromatic carbocycles. The Bertz CT molecular complexity index is 735. The number of carbonyl (C=O) groups is 1. The highest BCUT2D eigenvalue weighted by atomic mass is 35.5. The molecule has 2 rings (SSSR count). The van der Waals surface area contributed by atoms with E-state index >= 15 is 0 Å². The summed E-state index contributed by atoms with van der Waals surface area (Å²) in [4.78, 5) is 22.0. The van der Waals surface area contributed by atoms with Crippen molar-refractivity contribution in [3.05, 3.63) is 62.1 Å². The highest BCUT2D eigenvalue weighted by molar-refractivity contribution is 6.34. The lowest BCUT2D eigenvalue weighted by Gasteiger charge is -2.08. The summed E-state index contributed by atoms with van der Waals surface area (Å²) in [6, 6.07) is 7.65. The normalized spacial score (nSPS) is 9.57. The van der Waals surface area contributed by atoms with Crippen molar-refractivity contribution < 1.29 is 14.8 Å². The molecular weight excluding hydrogens is 343 g/mol. The fraction of sp³-hybridized carbons (Fsp3) is 0.133. The lowest BCUT2D eigenvalue weighted by Crippen LogP contribution is -2.12. The molecule has 0 saturated heterocycles. The van der Waals surface area contributed by atoms with Crippen molar-refractivity contribution in [2.24, 2.45) is 0 Å². The van der Waals surface area contributed by atoms with Crippen molar-refractivity contribution in [3.8, 4) is 5.75 Å². The topological polar surface area (TPSA) is 92.5 Å². The molecule has 0 aliphatic carbocycles. The number of phenols is 1. The average molecular weight is 357 g/mol. The molecule has 0 aromatic heterocycles. The summed E-state index contributed by atoms with van der Waals surface area (Å²) >= 11 is 11.6. The van der Waals surface area contributed by atoms with Gasteiger partial charge in [-0.1, -0.05) is 37.0 Å². The molecular formula is C15H14Cl2N2O4. The summed E-state index contributed by atoms with van der Waals surface area (Å²) in [6.45, 7) is 4.00. The first-order chi connectivity index (χ1) is 10.9. The molecule has 0 aliphatic rings. The average Bonchev–Trinajstić information content (AvgIpc) is 2.53. The van der Waals surface area contributed by atoms with Gasteiger partial charge in [0.15, 0.2) is 0 Å². The van der Waals surface area contributed by atoms with Crippen LogP contribution in [0.4, 0.5) is 11.4 Å². The second-order valence-electron chi connectivity index (χ2n) is 4.04. The third-order valence-electron chi connectivity index (χ3n) is 2.61. The molecule has 0 atom stereocenters. The quantitative estimate of drug-likeness (QED) is 0.604. The zero-order valence-corrected chi connectivity index (χ0v) is 13.9. The van der Waals surface area contributed by atoms with Gasteiger partial charge in [-0.15, -0.1) is 0 Å². The van der Waals surface area contributed by atoms with Gasteiger partial charge in [-0.2, -0.15) is 0 Å². The van der Waals surface area contributed by atoms with Crippen LogP contribution in [0, 0.1) is 10.1 Å². The molecule has 23 heavy (non-hydrogen) atoms. The lowest BCUT2D eigenvalue weighted by molar-refractivity contribution is -0.384. The van der Waals surface area contributed by atoms with Crippen molar-refractivity contribution in [1.29, 1.82) is 0 Å². The molecule has 0 aliphatic heterocycles. The maximum Gasteiger partial charge on any atom is 0.271 e. The van der Waals surface area contributed by atoms with Crippen LogP contribution >= 0.6 is 23.2 Å². The van der Waals surface area contributed by atoms with Gasteiger partial charge in [0, 0.05) is 17.2 Å². The third kappa shape index (κ3) is 4.84. The number of nitro benzene ring substituents is 1. The van der Waals surface area contributed by atoms with Gasteiger partial charge >= 0.3 is 0 Å².